The Labute approximate surface area is 219 Å². The normalized spacial score (nSPS) is 28.5. The summed E-state index contributed by atoms with van der Waals surface area (Å²) in [6.45, 7) is 10.2. The number of aromatic nitrogens is 2. The van der Waals surface area contributed by atoms with Crippen LogP contribution in [0, 0.1) is 5.92 Å². The van der Waals surface area contributed by atoms with Gasteiger partial charge in [-0.15, -0.1) is 0 Å². The number of nitrogens with one attached hydrogen (secondary N) is 3. The number of aliphatic imine (C=N–C) groups is 1. The number of rotatable bonds is 7. The van der Waals surface area contributed by atoms with Gasteiger partial charge < -0.3 is 20.9 Å². The van der Waals surface area contributed by atoms with Gasteiger partial charge in [0.05, 0.1) is 6.04 Å². The molecule has 0 spiro atoms. The molecule has 1 atom stereocenters. The van der Waals surface area contributed by atoms with Crippen LogP contribution in [0.25, 0.3) is 5.57 Å². The minimum atomic E-state index is -2.66. The maximum Gasteiger partial charge on any atom is 0.282 e. The molecule has 7 nitrogen and oxygen atoms in total. The third-order valence-electron chi connectivity index (χ3n) is 8.14. The summed E-state index contributed by atoms with van der Waals surface area (Å²) in [6.07, 6.45) is 13.5. The van der Waals surface area contributed by atoms with Gasteiger partial charge in [-0.1, -0.05) is 24.8 Å². The quantitative estimate of drug-likeness (QED) is 0.472. The highest BCUT2D eigenvalue weighted by Crippen LogP contribution is 2.36. The molecule has 202 valence electrons. The first kappa shape index (κ1) is 26.1. The van der Waals surface area contributed by atoms with E-state index >= 15 is 0 Å². The van der Waals surface area contributed by atoms with E-state index in [1.807, 2.05) is 0 Å². The fourth-order valence-corrected chi connectivity index (χ4v) is 6.08. The average Bonchev–Trinajstić information content (AvgIpc) is 3.37. The Bertz CT molecular complexity index is 1010. The van der Waals surface area contributed by atoms with E-state index in [-0.39, 0.29) is 17.8 Å². The van der Waals surface area contributed by atoms with E-state index in [0.717, 1.165) is 89.9 Å². The molecule has 9 heteroatoms. The fraction of sp³-hybridized carbons (Fsp3) is 0.643. The Hall–Kier alpha value is -2.52. The van der Waals surface area contributed by atoms with Gasteiger partial charge in [-0.25, -0.2) is 13.8 Å². The van der Waals surface area contributed by atoms with E-state index in [4.69, 9.17) is 4.99 Å². The molecule has 0 radical (unpaired) electrons. The van der Waals surface area contributed by atoms with Gasteiger partial charge in [0.2, 0.25) is 0 Å². The van der Waals surface area contributed by atoms with E-state index in [0.29, 0.717) is 29.4 Å². The molecule has 2 aliphatic carbocycles. The van der Waals surface area contributed by atoms with Crippen LogP contribution in [0.2, 0.25) is 0 Å². The van der Waals surface area contributed by atoms with Crippen molar-refractivity contribution in [2.45, 2.75) is 69.9 Å². The summed E-state index contributed by atoms with van der Waals surface area (Å²) < 4.78 is 30.1. The Balaban J connectivity index is 1.31. The molecule has 3 N–H and O–H groups in total. The zero-order chi connectivity index (χ0) is 25.6. The minimum Gasteiger partial charge on any atom is -0.369 e. The molecule has 1 saturated carbocycles. The molecular formula is C28H41F2N7. The monoisotopic (exact) mass is 513 g/mol. The average molecular weight is 514 g/mol. The molecule has 0 bridgehead atoms. The molecule has 37 heavy (non-hydrogen) atoms. The van der Waals surface area contributed by atoms with Crippen LogP contribution < -0.4 is 16.0 Å². The third-order valence-corrected chi connectivity index (χ3v) is 8.14. The number of nitrogens with zero attached hydrogens (tertiary/aromatic N) is 4. The van der Waals surface area contributed by atoms with E-state index in [1.165, 1.54) is 0 Å². The Morgan fingerprint density at radius 3 is 2.68 bits per heavy atom. The lowest BCUT2D eigenvalue weighted by molar-refractivity contribution is 0.141. The first-order valence-corrected chi connectivity index (χ1v) is 14.0. The summed E-state index contributed by atoms with van der Waals surface area (Å²) in [5, 5.41) is 14.7. The van der Waals surface area contributed by atoms with Crippen LogP contribution >= 0.6 is 0 Å². The molecule has 5 rings (SSSR count). The highest BCUT2D eigenvalue weighted by atomic mass is 19.3. The highest BCUT2D eigenvalue weighted by molar-refractivity contribution is 5.87. The second-order valence-electron chi connectivity index (χ2n) is 10.7. The lowest BCUT2D eigenvalue weighted by Gasteiger charge is -2.34. The van der Waals surface area contributed by atoms with E-state index < -0.39 is 6.43 Å². The Kier molecular flexibility index (Phi) is 8.71. The van der Waals surface area contributed by atoms with Crippen molar-refractivity contribution in [3.8, 4) is 0 Å². The van der Waals surface area contributed by atoms with Crippen molar-refractivity contribution >= 4 is 11.4 Å². The smallest absolute Gasteiger partial charge is 0.282 e. The molecule has 3 heterocycles. The molecule has 1 saturated heterocycles. The van der Waals surface area contributed by atoms with Gasteiger partial charge >= 0.3 is 0 Å². The predicted molar refractivity (Wildman–Crippen MR) is 145 cm³/mol. The Morgan fingerprint density at radius 1 is 1.16 bits per heavy atom. The second kappa shape index (κ2) is 12.3. The van der Waals surface area contributed by atoms with Gasteiger partial charge in [0.25, 0.3) is 6.43 Å². The summed E-state index contributed by atoms with van der Waals surface area (Å²) in [6, 6.07) is 0.430. The third kappa shape index (κ3) is 6.49. The summed E-state index contributed by atoms with van der Waals surface area (Å²) in [4.78, 5) is 7.34. The number of hydrogen-bond donors (Lipinski definition) is 3. The SMILES string of the molecule is C=C/C(=C1/N=C(NC2C=CCCC2)CCN1)c1cn(C2CCC(CN3CCNCC3)CC2)nc1C(F)F. The van der Waals surface area contributed by atoms with Crippen LogP contribution in [0.4, 0.5) is 8.78 Å². The summed E-state index contributed by atoms with van der Waals surface area (Å²) in [5.41, 5.74) is 0.836. The van der Waals surface area contributed by atoms with Crippen LogP contribution in [-0.2, 0) is 0 Å². The van der Waals surface area contributed by atoms with Gasteiger partial charge in [-0.2, -0.15) is 5.10 Å². The van der Waals surface area contributed by atoms with Gasteiger partial charge in [0, 0.05) is 69.1 Å². The number of amidine groups is 1. The van der Waals surface area contributed by atoms with Crippen molar-refractivity contribution in [2.75, 3.05) is 39.3 Å². The number of allylic oxidation sites excluding steroid dienone is 3. The van der Waals surface area contributed by atoms with Gasteiger partial charge in [-0.3, -0.25) is 4.68 Å². The van der Waals surface area contributed by atoms with Gasteiger partial charge in [0.15, 0.2) is 0 Å². The molecule has 1 aromatic heterocycles. The second-order valence-corrected chi connectivity index (χ2v) is 10.7. The van der Waals surface area contributed by atoms with E-state index in [1.54, 1.807) is 17.0 Å². The van der Waals surface area contributed by atoms with Crippen molar-refractivity contribution in [1.82, 2.24) is 30.6 Å². The van der Waals surface area contributed by atoms with Gasteiger partial charge in [-0.05, 0) is 50.9 Å². The Morgan fingerprint density at radius 2 is 1.97 bits per heavy atom. The number of hydrogen-bond acceptors (Lipinski definition) is 6. The lowest BCUT2D eigenvalue weighted by Crippen LogP contribution is -2.45. The van der Waals surface area contributed by atoms with Crippen molar-refractivity contribution in [3.05, 3.63) is 48.1 Å². The summed E-state index contributed by atoms with van der Waals surface area (Å²) >= 11 is 0. The van der Waals surface area contributed by atoms with Crippen LogP contribution in [0.15, 0.2) is 41.8 Å². The molecular weight excluding hydrogens is 472 g/mol. The lowest BCUT2D eigenvalue weighted by atomic mass is 9.85. The highest BCUT2D eigenvalue weighted by Gasteiger charge is 2.29. The van der Waals surface area contributed by atoms with E-state index in [9.17, 15) is 8.78 Å². The molecule has 2 aliphatic heterocycles. The van der Waals surface area contributed by atoms with Crippen LogP contribution in [0.5, 0.6) is 0 Å². The topological polar surface area (TPSA) is 69.5 Å². The zero-order valence-corrected chi connectivity index (χ0v) is 21.8. The summed E-state index contributed by atoms with van der Waals surface area (Å²) in [7, 11) is 0. The van der Waals surface area contributed by atoms with Crippen molar-refractivity contribution in [3.63, 3.8) is 0 Å². The minimum absolute atomic E-state index is 0.153. The number of piperazine rings is 1. The number of halogens is 2. The zero-order valence-electron chi connectivity index (χ0n) is 21.8. The summed E-state index contributed by atoms with van der Waals surface area (Å²) in [5.74, 6) is 2.15. The molecule has 4 aliphatic rings. The van der Waals surface area contributed by atoms with Gasteiger partial charge in [0.1, 0.15) is 17.4 Å². The maximum absolute atomic E-state index is 14.2. The van der Waals surface area contributed by atoms with Crippen LogP contribution in [0.1, 0.15) is 75.1 Å². The molecule has 0 amide bonds. The largest absolute Gasteiger partial charge is 0.369 e. The molecule has 1 aromatic rings. The molecule has 2 fully saturated rings. The van der Waals surface area contributed by atoms with Crippen molar-refractivity contribution in [1.29, 1.82) is 0 Å². The van der Waals surface area contributed by atoms with E-state index in [2.05, 4.69) is 44.7 Å². The standard InChI is InChI=1S/C28H41F2N7/c1-2-23(28-32-13-12-25(34-28)33-21-6-4-3-5-7-21)24-19-37(35-26(24)27(29)30)22-10-8-20(9-11-22)18-36-16-14-31-15-17-36/h2,4,6,19-22,27,31-32H,1,3,5,7-18H2,(H,33,34)/b28-23-. The number of alkyl halides is 2. The molecule has 1 unspecified atom stereocenters. The van der Waals surface area contributed by atoms with Crippen molar-refractivity contribution in [2.24, 2.45) is 10.9 Å². The predicted octanol–water partition coefficient (Wildman–Crippen LogP) is 4.40. The van der Waals surface area contributed by atoms with Crippen LogP contribution in [-0.4, -0.2) is 65.8 Å². The first-order chi connectivity index (χ1) is 18.1. The fourth-order valence-electron chi connectivity index (χ4n) is 6.08. The maximum atomic E-state index is 14.2. The first-order valence-electron chi connectivity index (χ1n) is 14.0. The molecule has 0 aromatic carbocycles. The van der Waals surface area contributed by atoms with Crippen LogP contribution in [0.3, 0.4) is 0 Å². The van der Waals surface area contributed by atoms with Crippen molar-refractivity contribution < 1.29 is 8.78 Å².